The van der Waals surface area contributed by atoms with Gasteiger partial charge in [0.25, 0.3) is 11.8 Å². The van der Waals surface area contributed by atoms with E-state index >= 15 is 0 Å². The van der Waals surface area contributed by atoms with Gasteiger partial charge in [0, 0.05) is 62.8 Å². The molecule has 11 rings (SSSR count). The summed E-state index contributed by atoms with van der Waals surface area (Å²) in [5, 5.41) is 28.1. The SMILES string of the molecule is O=C(NCCCCc1ccccc1O)c1ccc2c(c1)-c1nc-2nc2[nH]c(nc3nc(nc4[nH]c(n1)c1ccccc41)-c1c(C(=O)NCCCCc4ccccc4O)cccc1-3)c1c2CC=CC1. The average molecular weight is 899 g/mol. The summed E-state index contributed by atoms with van der Waals surface area (Å²) in [5.41, 5.74) is 9.49. The van der Waals surface area contributed by atoms with E-state index in [1.54, 1.807) is 30.3 Å². The molecule has 0 saturated carbocycles. The van der Waals surface area contributed by atoms with Crippen molar-refractivity contribution in [2.24, 2.45) is 0 Å². The van der Waals surface area contributed by atoms with Crippen LogP contribution < -0.4 is 10.6 Å². The van der Waals surface area contributed by atoms with Crippen LogP contribution in [0.2, 0.25) is 0 Å². The standard InChI is InChI=1S/C54H46N10O4/c65-42-24-7-1-14-31(42)16-9-11-28-55-53(67)33-26-27-38-41(30-33)51-61-47-36-20-5-6-21-37(36)48(58-47)63-52-44-39(22-13-23-40(44)54(68)56-29-12-10-17-32-15-2-8-25-43(32)66)50(64-52)60-46-35-19-4-3-18-34(35)45(57-46)59-49(38)62-51/h1-8,13-15,20-27,30,65-66H,9-12,16-19,28-29H2,(H,55,67)(H,56,68)(H2,57,58,59,60,61,62,63,64). The summed E-state index contributed by atoms with van der Waals surface area (Å²) in [5.74, 6) is 1.66. The molecule has 0 unspecified atom stereocenters. The first kappa shape index (κ1) is 42.1. The third-order valence-corrected chi connectivity index (χ3v) is 12.8. The van der Waals surface area contributed by atoms with Gasteiger partial charge in [0.1, 0.15) is 34.1 Å². The number of nitrogens with one attached hydrogen (secondary N) is 4. The van der Waals surface area contributed by atoms with E-state index < -0.39 is 0 Å². The second-order valence-corrected chi connectivity index (χ2v) is 17.2. The highest BCUT2D eigenvalue weighted by Crippen LogP contribution is 2.39. The molecule has 14 nitrogen and oxygen atoms in total. The van der Waals surface area contributed by atoms with E-state index in [9.17, 15) is 19.8 Å². The van der Waals surface area contributed by atoms with E-state index in [1.807, 2.05) is 78.9 Å². The molecular weight excluding hydrogens is 853 g/mol. The Labute approximate surface area is 390 Å². The number of phenols is 2. The molecule has 2 amide bonds. The number of carbonyl (C=O) groups is 2. The molecule has 0 saturated heterocycles. The quantitative estimate of drug-likeness (QED) is 0.0506. The highest BCUT2D eigenvalue weighted by Gasteiger charge is 2.27. The van der Waals surface area contributed by atoms with Gasteiger partial charge in [-0.25, -0.2) is 29.9 Å². The Morgan fingerprint density at radius 2 is 1.03 bits per heavy atom. The van der Waals surface area contributed by atoms with Crippen LogP contribution in [0.3, 0.4) is 0 Å². The van der Waals surface area contributed by atoms with Crippen LogP contribution in [0.5, 0.6) is 11.5 Å². The average Bonchev–Trinajstić information content (AvgIpc) is 4.10. The largest absolute Gasteiger partial charge is 0.508 e. The van der Waals surface area contributed by atoms with Crippen molar-refractivity contribution in [3.63, 3.8) is 0 Å². The number of carbonyl (C=O) groups excluding carboxylic acids is 2. The number of aryl methyl sites for hydroxylation is 2. The maximum atomic E-state index is 14.1. The molecule has 5 heterocycles. The lowest BCUT2D eigenvalue weighted by atomic mass is 10.0. The summed E-state index contributed by atoms with van der Waals surface area (Å²) in [6.07, 6.45) is 9.98. The Balaban J connectivity index is 0.984. The Morgan fingerprint density at radius 3 is 1.68 bits per heavy atom. The number of fused-ring (bicyclic) bond motifs is 20. The molecule has 0 radical (unpaired) electrons. The Hall–Kier alpha value is -8.52. The molecule has 6 N–H and O–H groups in total. The molecule has 0 spiro atoms. The van der Waals surface area contributed by atoms with Crippen LogP contribution in [0.15, 0.2) is 121 Å². The third kappa shape index (κ3) is 8.10. The normalized spacial score (nSPS) is 12.4. The van der Waals surface area contributed by atoms with Crippen molar-refractivity contribution >= 4 is 45.2 Å². The van der Waals surface area contributed by atoms with Crippen molar-refractivity contribution in [1.29, 1.82) is 0 Å². The number of phenolic OH excluding ortho intramolecular Hbond substituents is 2. The van der Waals surface area contributed by atoms with Crippen LogP contribution >= 0.6 is 0 Å². The predicted octanol–water partition coefficient (Wildman–Crippen LogP) is 9.29. The van der Waals surface area contributed by atoms with Crippen molar-refractivity contribution in [3.8, 4) is 57.1 Å². The van der Waals surface area contributed by atoms with E-state index in [0.29, 0.717) is 112 Å². The van der Waals surface area contributed by atoms with Crippen molar-refractivity contribution < 1.29 is 19.8 Å². The van der Waals surface area contributed by atoms with E-state index in [4.69, 9.17) is 29.9 Å². The van der Waals surface area contributed by atoms with Crippen molar-refractivity contribution in [1.82, 2.24) is 50.5 Å². The maximum absolute atomic E-state index is 14.1. The maximum Gasteiger partial charge on any atom is 0.252 e. The van der Waals surface area contributed by atoms with Crippen molar-refractivity contribution in [3.05, 3.63) is 155 Å². The van der Waals surface area contributed by atoms with Gasteiger partial charge in [-0.1, -0.05) is 84.9 Å². The van der Waals surface area contributed by atoms with Gasteiger partial charge in [-0.3, -0.25) is 9.59 Å². The van der Waals surface area contributed by atoms with E-state index in [2.05, 4.69) is 32.8 Å². The molecule has 1 aliphatic carbocycles. The summed E-state index contributed by atoms with van der Waals surface area (Å²) in [6, 6.07) is 33.5. The first-order chi connectivity index (χ1) is 33.4. The van der Waals surface area contributed by atoms with Crippen molar-refractivity contribution in [2.75, 3.05) is 13.1 Å². The molecule has 0 fully saturated rings. The lowest BCUT2D eigenvalue weighted by Gasteiger charge is -2.09. The fourth-order valence-electron chi connectivity index (χ4n) is 9.26. The number of aromatic amines is 2. The van der Waals surface area contributed by atoms with Gasteiger partial charge in [-0.2, -0.15) is 0 Å². The number of aromatic nitrogens is 8. The van der Waals surface area contributed by atoms with Gasteiger partial charge >= 0.3 is 0 Å². The number of amides is 2. The molecule has 5 aromatic carbocycles. The fraction of sp³-hybridized carbons (Fsp3) is 0.185. The number of rotatable bonds is 12. The Bertz CT molecular complexity index is 3520. The van der Waals surface area contributed by atoms with Gasteiger partial charge in [-0.05, 0) is 98.9 Å². The third-order valence-electron chi connectivity index (χ3n) is 12.8. The minimum absolute atomic E-state index is 0.216. The Morgan fingerprint density at radius 1 is 0.500 bits per heavy atom. The zero-order valence-corrected chi connectivity index (χ0v) is 37.0. The second-order valence-electron chi connectivity index (χ2n) is 17.2. The first-order valence-corrected chi connectivity index (χ1v) is 23.0. The summed E-state index contributed by atoms with van der Waals surface area (Å²) >= 11 is 0. The number of nitrogens with zero attached hydrogens (tertiary/aromatic N) is 6. The molecule has 3 aromatic heterocycles. The molecule has 2 aliphatic heterocycles. The lowest BCUT2D eigenvalue weighted by Crippen LogP contribution is -2.25. The monoisotopic (exact) mass is 898 g/mol. The lowest BCUT2D eigenvalue weighted by molar-refractivity contribution is 0.0945. The zero-order valence-electron chi connectivity index (χ0n) is 37.0. The highest BCUT2D eigenvalue weighted by atomic mass is 16.3. The molecule has 3 aliphatic rings. The molecule has 68 heavy (non-hydrogen) atoms. The predicted molar refractivity (Wildman–Crippen MR) is 262 cm³/mol. The number of hydrogen-bond donors (Lipinski definition) is 6. The topological polar surface area (TPSA) is 208 Å². The summed E-state index contributed by atoms with van der Waals surface area (Å²) < 4.78 is 0. The highest BCUT2D eigenvalue weighted by molar-refractivity contribution is 6.07. The number of allylic oxidation sites excluding steroid dienone is 2. The second kappa shape index (κ2) is 18.0. The molecule has 336 valence electrons. The van der Waals surface area contributed by atoms with E-state index in [0.717, 1.165) is 64.3 Å². The minimum atomic E-state index is -0.253. The summed E-state index contributed by atoms with van der Waals surface area (Å²) in [7, 11) is 0. The number of para-hydroxylation sites is 2. The Kier molecular flexibility index (Phi) is 11.2. The smallest absolute Gasteiger partial charge is 0.252 e. The van der Waals surface area contributed by atoms with Crippen LogP contribution in [0.25, 0.3) is 78.9 Å². The van der Waals surface area contributed by atoms with Crippen LogP contribution in [-0.4, -0.2) is 75.0 Å². The van der Waals surface area contributed by atoms with Crippen LogP contribution in [0.4, 0.5) is 0 Å². The van der Waals surface area contributed by atoms with E-state index in [-0.39, 0.29) is 23.3 Å². The fourth-order valence-corrected chi connectivity index (χ4v) is 9.26. The summed E-state index contributed by atoms with van der Waals surface area (Å²) in [4.78, 5) is 65.4. The summed E-state index contributed by atoms with van der Waals surface area (Å²) in [6.45, 7) is 0.923. The number of aromatic hydroxyl groups is 2. The van der Waals surface area contributed by atoms with Crippen LogP contribution in [0, 0.1) is 0 Å². The van der Waals surface area contributed by atoms with Gasteiger partial charge in [0.2, 0.25) is 0 Å². The number of hydrogen-bond acceptors (Lipinski definition) is 10. The van der Waals surface area contributed by atoms with Gasteiger partial charge in [0.05, 0.1) is 5.56 Å². The molecule has 8 aromatic rings. The molecule has 14 heteroatoms. The van der Waals surface area contributed by atoms with Gasteiger partial charge < -0.3 is 30.8 Å². The molecule has 0 atom stereocenters. The van der Waals surface area contributed by atoms with Gasteiger partial charge in [-0.15, -0.1) is 0 Å². The first-order valence-electron chi connectivity index (χ1n) is 23.0. The minimum Gasteiger partial charge on any atom is -0.508 e. The van der Waals surface area contributed by atoms with Crippen LogP contribution in [-0.2, 0) is 25.7 Å². The van der Waals surface area contributed by atoms with Crippen LogP contribution in [0.1, 0.15) is 68.7 Å². The zero-order chi connectivity index (χ0) is 46.1. The number of unbranched alkanes of at least 4 members (excludes halogenated alkanes) is 2. The molecular formula is C54H46N10O4. The molecule has 8 bridgehead atoms. The number of benzene rings is 5. The van der Waals surface area contributed by atoms with Gasteiger partial charge in [0.15, 0.2) is 23.3 Å². The number of H-pyrrole nitrogens is 2. The van der Waals surface area contributed by atoms with Crippen molar-refractivity contribution in [2.45, 2.75) is 51.4 Å². The van der Waals surface area contributed by atoms with E-state index in [1.165, 1.54) is 0 Å².